The summed E-state index contributed by atoms with van der Waals surface area (Å²) in [6, 6.07) is 3.83. The molecular weight excluding hydrogens is 260 g/mol. The van der Waals surface area contributed by atoms with Crippen molar-refractivity contribution in [3.05, 3.63) is 38.9 Å². The van der Waals surface area contributed by atoms with Gasteiger partial charge in [0.25, 0.3) is 11.6 Å². The van der Waals surface area contributed by atoms with Gasteiger partial charge in [0.05, 0.1) is 11.0 Å². The van der Waals surface area contributed by atoms with Crippen LogP contribution in [-0.4, -0.2) is 30.6 Å². The summed E-state index contributed by atoms with van der Waals surface area (Å²) in [5.74, 6) is -0.351. The maximum absolute atomic E-state index is 11.7. The highest BCUT2D eigenvalue weighted by atomic mass is 35.5. The maximum Gasteiger partial charge on any atom is 0.287 e. The van der Waals surface area contributed by atoms with E-state index in [4.69, 9.17) is 16.3 Å². The van der Waals surface area contributed by atoms with Gasteiger partial charge in [-0.2, -0.15) is 0 Å². The van der Waals surface area contributed by atoms with Crippen molar-refractivity contribution in [1.29, 1.82) is 0 Å². The average molecular weight is 273 g/mol. The van der Waals surface area contributed by atoms with Crippen molar-refractivity contribution in [1.82, 2.24) is 5.32 Å². The lowest BCUT2D eigenvalue weighted by molar-refractivity contribution is -0.384. The van der Waals surface area contributed by atoms with Gasteiger partial charge in [0, 0.05) is 25.3 Å². The summed E-state index contributed by atoms with van der Waals surface area (Å²) in [6.07, 6.45) is -0.109. The van der Waals surface area contributed by atoms with Gasteiger partial charge >= 0.3 is 0 Å². The van der Waals surface area contributed by atoms with Crippen molar-refractivity contribution >= 4 is 23.2 Å². The first-order valence-corrected chi connectivity index (χ1v) is 5.58. The summed E-state index contributed by atoms with van der Waals surface area (Å²) in [5, 5.41) is 13.1. The summed E-state index contributed by atoms with van der Waals surface area (Å²) in [6.45, 7) is 2.16. The molecule has 1 atom stereocenters. The first-order valence-electron chi connectivity index (χ1n) is 5.20. The number of nitro groups is 1. The van der Waals surface area contributed by atoms with E-state index in [1.165, 1.54) is 18.2 Å². The number of ether oxygens (including phenoxy) is 1. The van der Waals surface area contributed by atoms with Crippen LogP contribution < -0.4 is 5.32 Å². The Morgan fingerprint density at radius 3 is 2.78 bits per heavy atom. The highest BCUT2D eigenvalue weighted by Gasteiger charge is 2.15. The summed E-state index contributed by atoms with van der Waals surface area (Å²) in [7, 11) is 1.54. The number of halogens is 1. The third-order valence-electron chi connectivity index (χ3n) is 2.36. The normalized spacial score (nSPS) is 11.9. The van der Waals surface area contributed by atoms with Crippen LogP contribution in [0.25, 0.3) is 0 Å². The summed E-state index contributed by atoms with van der Waals surface area (Å²) >= 11 is 5.71. The predicted octanol–water partition coefficient (Wildman–Crippen LogP) is 2.01. The Labute approximate surface area is 109 Å². The van der Waals surface area contributed by atoms with E-state index < -0.39 is 4.92 Å². The zero-order valence-corrected chi connectivity index (χ0v) is 10.7. The number of carbonyl (C=O) groups is 1. The van der Waals surface area contributed by atoms with Crippen molar-refractivity contribution < 1.29 is 14.5 Å². The molecule has 0 aliphatic rings. The average Bonchev–Trinajstić information content (AvgIpc) is 2.34. The Morgan fingerprint density at radius 2 is 2.28 bits per heavy atom. The molecule has 6 nitrogen and oxygen atoms in total. The molecule has 0 saturated carbocycles. The highest BCUT2D eigenvalue weighted by Crippen LogP contribution is 2.24. The van der Waals surface area contributed by atoms with E-state index in [1.54, 1.807) is 7.11 Å². The van der Waals surface area contributed by atoms with Gasteiger partial charge in [-0.25, -0.2) is 0 Å². The van der Waals surface area contributed by atoms with Gasteiger partial charge in [0.15, 0.2) is 0 Å². The van der Waals surface area contributed by atoms with Gasteiger partial charge in [-0.3, -0.25) is 14.9 Å². The fraction of sp³-hybridized carbons (Fsp3) is 0.364. The lowest BCUT2D eigenvalue weighted by atomic mass is 10.2. The molecule has 0 heterocycles. The Hall–Kier alpha value is -1.66. The van der Waals surface area contributed by atoms with E-state index in [2.05, 4.69) is 5.32 Å². The van der Waals surface area contributed by atoms with Crippen LogP contribution in [0.3, 0.4) is 0 Å². The molecule has 0 aromatic heterocycles. The Bertz CT molecular complexity index is 464. The molecule has 18 heavy (non-hydrogen) atoms. The quantitative estimate of drug-likeness (QED) is 0.657. The first-order chi connectivity index (χ1) is 8.45. The van der Waals surface area contributed by atoms with Crippen LogP contribution >= 0.6 is 11.6 Å². The Kier molecular flexibility index (Phi) is 5.06. The number of benzene rings is 1. The number of methoxy groups -OCH3 is 1. The van der Waals surface area contributed by atoms with E-state index in [9.17, 15) is 14.9 Å². The molecule has 1 N–H and O–H groups in total. The van der Waals surface area contributed by atoms with Crippen LogP contribution in [0.2, 0.25) is 5.02 Å². The molecule has 0 spiro atoms. The van der Waals surface area contributed by atoms with Crippen LogP contribution in [0.15, 0.2) is 18.2 Å². The minimum absolute atomic E-state index is 0.0626. The largest absolute Gasteiger partial charge is 0.380 e. The molecule has 0 aliphatic carbocycles. The van der Waals surface area contributed by atoms with Gasteiger partial charge in [-0.1, -0.05) is 11.6 Å². The van der Waals surface area contributed by atoms with Gasteiger partial charge in [0.1, 0.15) is 5.02 Å². The van der Waals surface area contributed by atoms with E-state index in [0.717, 1.165) is 0 Å². The van der Waals surface area contributed by atoms with Crippen LogP contribution in [0.5, 0.6) is 0 Å². The Balaban J connectivity index is 2.76. The van der Waals surface area contributed by atoms with Crippen molar-refractivity contribution in [3.8, 4) is 0 Å². The van der Waals surface area contributed by atoms with Gasteiger partial charge in [-0.05, 0) is 19.1 Å². The molecule has 1 amide bonds. The second-order valence-corrected chi connectivity index (χ2v) is 4.09. The lowest BCUT2D eigenvalue weighted by Crippen LogP contribution is -2.31. The van der Waals surface area contributed by atoms with Gasteiger partial charge < -0.3 is 10.1 Å². The fourth-order valence-corrected chi connectivity index (χ4v) is 1.47. The standard InChI is InChI=1S/C11H13ClN2O4/c1-7(18-2)6-13-11(15)8-3-4-10(14(16)17)9(12)5-8/h3-5,7H,6H2,1-2H3,(H,13,15). The molecule has 1 aromatic rings. The molecule has 0 radical (unpaired) electrons. The second kappa shape index (κ2) is 6.32. The molecule has 0 bridgehead atoms. The summed E-state index contributed by atoms with van der Waals surface area (Å²) < 4.78 is 4.98. The molecular formula is C11H13ClN2O4. The first kappa shape index (κ1) is 14.4. The monoisotopic (exact) mass is 272 g/mol. The number of hydrogen-bond acceptors (Lipinski definition) is 4. The number of carbonyl (C=O) groups excluding carboxylic acids is 1. The van der Waals surface area contributed by atoms with E-state index in [-0.39, 0.29) is 28.3 Å². The third-order valence-corrected chi connectivity index (χ3v) is 2.66. The van der Waals surface area contributed by atoms with Crippen molar-refractivity contribution in [2.24, 2.45) is 0 Å². The fourth-order valence-electron chi connectivity index (χ4n) is 1.22. The van der Waals surface area contributed by atoms with Crippen molar-refractivity contribution in [2.75, 3.05) is 13.7 Å². The maximum atomic E-state index is 11.7. The Morgan fingerprint density at radius 1 is 1.61 bits per heavy atom. The minimum Gasteiger partial charge on any atom is -0.380 e. The van der Waals surface area contributed by atoms with Gasteiger partial charge in [0.2, 0.25) is 0 Å². The zero-order valence-electron chi connectivity index (χ0n) is 9.97. The minimum atomic E-state index is -0.600. The predicted molar refractivity (Wildman–Crippen MR) is 66.9 cm³/mol. The van der Waals surface area contributed by atoms with E-state index in [0.29, 0.717) is 6.54 Å². The number of amides is 1. The molecule has 0 saturated heterocycles. The number of rotatable bonds is 5. The molecule has 1 unspecified atom stereocenters. The van der Waals surface area contributed by atoms with Crippen molar-refractivity contribution in [2.45, 2.75) is 13.0 Å². The molecule has 1 aromatic carbocycles. The number of hydrogen-bond donors (Lipinski definition) is 1. The third kappa shape index (κ3) is 3.68. The highest BCUT2D eigenvalue weighted by molar-refractivity contribution is 6.33. The number of nitro benzene ring substituents is 1. The smallest absolute Gasteiger partial charge is 0.287 e. The van der Waals surface area contributed by atoms with Crippen LogP contribution in [0.4, 0.5) is 5.69 Å². The SMILES string of the molecule is COC(C)CNC(=O)c1ccc([N+](=O)[O-])c(Cl)c1. The molecule has 98 valence electrons. The topological polar surface area (TPSA) is 81.5 Å². The molecule has 0 fully saturated rings. The van der Waals surface area contributed by atoms with E-state index >= 15 is 0 Å². The number of nitrogens with zero attached hydrogens (tertiary/aromatic N) is 1. The number of nitrogens with one attached hydrogen (secondary N) is 1. The summed E-state index contributed by atoms with van der Waals surface area (Å²) in [5.41, 5.74) is 0.0485. The van der Waals surface area contributed by atoms with Gasteiger partial charge in [-0.15, -0.1) is 0 Å². The van der Waals surface area contributed by atoms with Crippen molar-refractivity contribution in [3.63, 3.8) is 0 Å². The molecule has 7 heteroatoms. The van der Waals surface area contributed by atoms with Crippen LogP contribution in [0.1, 0.15) is 17.3 Å². The lowest BCUT2D eigenvalue weighted by Gasteiger charge is -2.10. The van der Waals surface area contributed by atoms with Crippen LogP contribution in [-0.2, 0) is 4.74 Å². The molecule has 0 aliphatic heterocycles. The zero-order chi connectivity index (χ0) is 13.7. The summed E-state index contributed by atoms with van der Waals surface area (Å²) in [4.78, 5) is 21.7. The molecule has 1 rings (SSSR count). The van der Waals surface area contributed by atoms with Crippen LogP contribution in [0, 0.1) is 10.1 Å². The second-order valence-electron chi connectivity index (χ2n) is 3.68. The van der Waals surface area contributed by atoms with E-state index in [1.807, 2.05) is 6.92 Å².